The van der Waals surface area contributed by atoms with E-state index in [2.05, 4.69) is 22.2 Å². The van der Waals surface area contributed by atoms with Gasteiger partial charge in [0.15, 0.2) is 0 Å². The largest absolute Gasteiger partial charge is 0.350 e. The SMILES string of the molecule is CN1CCN(C(CNC(=O)c2ccccc2Cl)c2ccc(Cl)cc2)CC1. The van der Waals surface area contributed by atoms with Gasteiger partial charge in [0.05, 0.1) is 16.6 Å². The maximum Gasteiger partial charge on any atom is 0.252 e. The van der Waals surface area contributed by atoms with E-state index >= 15 is 0 Å². The van der Waals surface area contributed by atoms with Crippen molar-refractivity contribution in [2.24, 2.45) is 0 Å². The van der Waals surface area contributed by atoms with Crippen molar-refractivity contribution in [1.82, 2.24) is 15.1 Å². The lowest BCUT2D eigenvalue weighted by Gasteiger charge is -2.38. The number of carbonyl (C=O) groups is 1. The highest BCUT2D eigenvalue weighted by atomic mass is 35.5. The van der Waals surface area contributed by atoms with Crippen LogP contribution in [0.15, 0.2) is 48.5 Å². The molecular formula is C20H23Cl2N3O. The Morgan fingerprint density at radius 2 is 1.69 bits per heavy atom. The number of hydrogen-bond acceptors (Lipinski definition) is 3. The first-order chi connectivity index (χ1) is 12.5. The summed E-state index contributed by atoms with van der Waals surface area (Å²) >= 11 is 12.2. The van der Waals surface area contributed by atoms with Gasteiger partial charge in [-0.05, 0) is 36.9 Å². The second-order valence-corrected chi connectivity index (χ2v) is 7.44. The van der Waals surface area contributed by atoms with Crippen molar-refractivity contribution < 1.29 is 4.79 Å². The normalized spacial score (nSPS) is 17.0. The minimum absolute atomic E-state index is 0.104. The number of piperazine rings is 1. The minimum Gasteiger partial charge on any atom is -0.350 e. The Labute approximate surface area is 164 Å². The van der Waals surface area contributed by atoms with E-state index in [0.717, 1.165) is 31.7 Å². The highest BCUT2D eigenvalue weighted by molar-refractivity contribution is 6.33. The first-order valence-corrected chi connectivity index (χ1v) is 9.51. The summed E-state index contributed by atoms with van der Waals surface area (Å²) in [6.45, 7) is 4.48. The number of nitrogens with zero attached hydrogens (tertiary/aromatic N) is 2. The van der Waals surface area contributed by atoms with Crippen LogP contribution in [0.4, 0.5) is 0 Å². The zero-order valence-corrected chi connectivity index (χ0v) is 16.3. The Kier molecular flexibility index (Phi) is 6.54. The molecule has 0 radical (unpaired) electrons. The predicted molar refractivity (Wildman–Crippen MR) is 107 cm³/mol. The fourth-order valence-electron chi connectivity index (χ4n) is 3.21. The molecule has 1 N–H and O–H groups in total. The van der Waals surface area contributed by atoms with Gasteiger partial charge < -0.3 is 10.2 Å². The van der Waals surface area contributed by atoms with Crippen LogP contribution in [0.1, 0.15) is 22.0 Å². The molecule has 0 aromatic heterocycles. The number of amides is 1. The van der Waals surface area contributed by atoms with Gasteiger partial charge in [0.2, 0.25) is 0 Å². The third kappa shape index (κ3) is 4.77. The third-order valence-corrected chi connectivity index (χ3v) is 5.39. The molecule has 1 heterocycles. The minimum atomic E-state index is -0.149. The maximum atomic E-state index is 12.5. The van der Waals surface area contributed by atoms with Crippen LogP contribution in [0.25, 0.3) is 0 Å². The lowest BCUT2D eigenvalue weighted by Crippen LogP contribution is -2.48. The van der Waals surface area contributed by atoms with Gasteiger partial charge in [-0.25, -0.2) is 0 Å². The quantitative estimate of drug-likeness (QED) is 0.843. The molecular weight excluding hydrogens is 369 g/mol. The fraction of sp³-hybridized carbons (Fsp3) is 0.350. The summed E-state index contributed by atoms with van der Waals surface area (Å²) < 4.78 is 0. The molecule has 2 aromatic rings. The van der Waals surface area contributed by atoms with Crippen molar-refractivity contribution in [3.63, 3.8) is 0 Å². The third-order valence-electron chi connectivity index (χ3n) is 4.81. The van der Waals surface area contributed by atoms with Gasteiger partial charge in [-0.2, -0.15) is 0 Å². The maximum absolute atomic E-state index is 12.5. The smallest absolute Gasteiger partial charge is 0.252 e. The zero-order valence-electron chi connectivity index (χ0n) is 14.8. The Morgan fingerprint density at radius 3 is 2.35 bits per heavy atom. The monoisotopic (exact) mass is 391 g/mol. The molecule has 0 aliphatic carbocycles. The van der Waals surface area contributed by atoms with E-state index in [1.54, 1.807) is 12.1 Å². The molecule has 1 atom stereocenters. The summed E-state index contributed by atoms with van der Waals surface area (Å²) in [6, 6.07) is 15.1. The van der Waals surface area contributed by atoms with Crippen LogP contribution < -0.4 is 5.32 Å². The van der Waals surface area contributed by atoms with E-state index in [1.807, 2.05) is 36.4 Å². The van der Waals surface area contributed by atoms with Crippen molar-refractivity contribution in [3.8, 4) is 0 Å². The molecule has 1 unspecified atom stereocenters. The molecule has 1 saturated heterocycles. The summed E-state index contributed by atoms with van der Waals surface area (Å²) in [5.74, 6) is -0.149. The first kappa shape index (κ1) is 19.2. The molecule has 4 nitrogen and oxygen atoms in total. The number of likely N-dealkylation sites (N-methyl/N-ethyl adjacent to an activating group) is 1. The highest BCUT2D eigenvalue weighted by Gasteiger charge is 2.24. The molecule has 138 valence electrons. The highest BCUT2D eigenvalue weighted by Crippen LogP contribution is 2.24. The van der Waals surface area contributed by atoms with E-state index in [-0.39, 0.29) is 11.9 Å². The number of halogens is 2. The Bertz CT molecular complexity index is 743. The van der Waals surface area contributed by atoms with Crippen LogP contribution in [0, 0.1) is 0 Å². The van der Waals surface area contributed by atoms with Crippen LogP contribution in [-0.2, 0) is 0 Å². The van der Waals surface area contributed by atoms with Gasteiger partial charge in [0.1, 0.15) is 0 Å². The van der Waals surface area contributed by atoms with E-state index in [4.69, 9.17) is 23.2 Å². The van der Waals surface area contributed by atoms with E-state index < -0.39 is 0 Å². The Morgan fingerprint density at radius 1 is 1.04 bits per heavy atom. The molecule has 1 amide bonds. The van der Waals surface area contributed by atoms with E-state index in [0.29, 0.717) is 22.2 Å². The average Bonchev–Trinajstić information content (AvgIpc) is 2.65. The molecule has 3 rings (SSSR count). The average molecular weight is 392 g/mol. The van der Waals surface area contributed by atoms with Crippen LogP contribution in [-0.4, -0.2) is 55.5 Å². The van der Waals surface area contributed by atoms with Crippen LogP contribution in [0.5, 0.6) is 0 Å². The number of benzene rings is 2. The number of rotatable bonds is 5. The van der Waals surface area contributed by atoms with Gasteiger partial charge in [-0.1, -0.05) is 47.5 Å². The summed E-state index contributed by atoms with van der Waals surface area (Å²) in [5.41, 5.74) is 1.65. The van der Waals surface area contributed by atoms with Crippen molar-refractivity contribution in [2.45, 2.75) is 6.04 Å². The second-order valence-electron chi connectivity index (χ2n) is 6.60. The molecule has 0 saturated carbocycles. The second kappa shape index (κ2) is 8.87. The van der Waals surface area contributed by atoms with Gasteiger partial charge in [-0.3, -0.25) is 9.69 Å². The van der Waals surface area contributed by atoms with Gasteiger partial charge in [0.25, 0.3) is 5.91 Å². The number of carbonyl (C=O) groups excluding carboxylic acids is 1. The predicted octanol–water partition coefficient (Wildman–Crippen LogP) is 3.71. The summed E-state index contributed by atoms with van der Waals surface area (Å²) in [7, 11) is 2.13. The molecule has 0 spiro atoms. The van der Waals surface area contributed by atoms with Crippen molar-refractivity contribution in [2.75, 3.05) is 39.8 Å². The summed E-state index contributed by atoms with van der Waals surface area (Å²) in [5, 5.41) is 4.23. The van der Waals surface area contributed by atoms with Crippen LogP contribution in [0.3, 0.4) is 0 Å². The number of hydrogen-bond donors (Lipinski definition) is 1. The topological polar surface area (TPSA) is 35.6 Å². The molecule has 6 heteroatoms. The number of nitrogens with one attached hydrogen (secondary N) is 1. The lowest BCUT2D eigenvalue weighted by atomic mass is 10.0. The Hall–Kier alpha value is -1.59. The lowest BCUT2D eigenvalue weighted by molar-refractivity contribution is 0.0886. The summed E-state index contributed by atoms with van der Waals surface area (Å²) in [6.07, 6.45) is 0. The van der Waals surface area contributed by atoms with Crippen molar-refractivity contribution >= 4 is 29.1 Å². The van der Waals surface area contributed by atoms with Crippen molar-refractivity contribution in [3.05, 3.63) is 69.7 Å². The molecule has 1 aliphatic heterocycles. The molecule has 0 bridgehead atoms. The molecule has 1 fully saturated rings. The van der Waals surface area contributed by atoms with Crippen LogP contribution >= 0.6 is 23.2 Å². The summed E-state index contributed by atoms with van der Waals surface area (Å²) in [4.78, 5) is 17.3. The standard InChI is InChI=1S/C20H23Cl2N3O/c1-24-10-12-25(13-11-24)19(15-6-8-16(21)9-7-15)14-23-20(26)17-4-2-3-5-18(17)22/h2-9,19H,10-14H2,1H3,(H,23,26). The fourth-order valence-corrected chi connectivity index (χ4v) is 3.55. The van der Waals surface area contributed by atoms with E-state index in [9.17, 15) is 4.79 Å². The van der Waals surface area contributed by atoms with Gasteiger partial charge in [0, 0.05) is 37.7 Å². The Balaban J connectivity index is 1.74. The van der Waals surface area contributed by atoms with Crippen molar-refractivity contribution in [1.29, 1.82) is 0 Å². The molecule has 26 heavy (non-hydrogen) atoms. The molecule has 1 aliphatic rings. The first-order valence-electron chi connectivity index (χ1n) is 8.75. The van der Waals surface area contributed by atoms with Gasteiger partial charge in [-0.15, -0.1) is 0 Å². The zero-order chi connectivity index (χ0) is 18.5. The van der Waals surface area contributed by atoms with Crippen LogP contribution in [0.2, 0.25) is 10.0 Å². The van der Waals surface area contributed by atoms with Gasteiger partial charge >= 0.3 is 0 Å². The molecule has 2 aromatic carbocycles. The van der Waals surface area contributed by atoms with E-state index in [1.165, 1.54) is 0 Å².